The quantitative estimate of drug-likeness (QED) is 0.691. The first kappa shape index (κ1) is 14.9. The topological polar surface area (TPSA) is 24.5 Å². The van der Waals surface area contributed by atoms with Gasteiger partial charge in [0.1, 0.15) is 0 Å². The van der Waals surface area contributed by atoms with Crippen molar-refractivity contribution < 1.29 is 4.74 Å². The molecular formula is C14H30N2O. The summed E-state index contributed by atoms with van der Waals surface area (Å²) in [6.45, 7) is 13.8. The summed E-state index contributed by atoms with van der Waals surface area (Å²) in [5.74, 6) is 0.879. The summed E-state index contributed by atoms with van der Waals surface area (Å²) >= 11 is 0. The lowest BCUT2D eigenvalue weighted by atomic mass is 9.80. The zero-order valence-electron chi connectivity index (χ0n) is 12.1. The van der Waals surface area contributed by atoms with Crippen LogP contribution in [0.25, 0.3) is 0 Å². The van der Waals surface area contributed by atoms with Crippen molar-refractivity contribution in [3.63, 3.8) is 0 Å². The molecule has 0 amide bonds. The first-order valence-corrected chi connectivity index (χ1v) is 6.96. The van der Waals surface area contributed by atoms with Crippen LogP contribution in [0.15, 0.2) is 0 Å². The fraction of sp³-hybridized carbons (Fsp3) is 1.00. The maximum Gasteiger partial charge on any atom is 0.0587 e. The number of ether oxygens (including phenoxy) is 1. The van der Waals surface area contributed by atoms with Gasteiger partial charge in [0.25, 0.3) is 0 Å². The second-order valence-electron chi connectivity index (χ2n) is 6.25. The van der Waals surface area contributed by atoms with Gasteiger partial charge in [-0.15, -0.1) is 0 Å². The molecule has 1 heterocycles. The molecule has 17 heavy (non-hydrogen) atoms. The van der Waals surface area contributed by atoms with E-state index in [1.807, 2.05) is 0 Å². The molecule has 1 atom stereocenters. The summed E-state index contributed by atoms with van der Waals surface area (Å²) in [4.78, 5) is 2.62. The van der Waals surface area contributed by atoms with Crippen LogP contribution in [0.4, 0.5) is 0 Å². The molecule has 1 N–H and O–H groups in total. The predicted octanol–water partition coefficient (Wildman–Crippen LogP) is 1.98. The molecule has 0 spiro atoms. The lowest BCUT2D eigenvalue weighted by molar-refractivity contribution is 0.198. The third kappa shape index (κ3) is 5.84. The fourth-order valence-electron chi connectivity index (χ4n) is 2.47. The van der Waals surface area contributed by atoms with Gasteiger partial charge in [0, 0.05) is 20.2 Å². The van der Waals surface area contributed by atoms with Crippen molar-refractivity contribution in [2.45, 2.75) is 33.6 Å². The maximum absolute atomic E-state index is 5.00. The van der Waals surface area contributed by atoms with Crippen molar-refractivity contribution >= 4 is 0 Å². The molecule has 0 saturated carbocycles. The molecule has 1 saturated heterocycles. The van der Waals surface area contributed by atoms with Crippen LogP contribution in [0.1, 0.15) is 33.6 Å². The van der Waals surface area contributed by atoms with Gasteiger partial charge < -0.3 is 15.0 Å². The van der Waals surface area contributed by atoms with E-state index < -0.39 is 0 Å². The Morgan fingerprint density at radius 3 is 2.65 bits per heavy atom. The second kappa shape index (κ2) is 7.34. The van der Waals surface area contributed by atoms with E-state index in [1.54, 1.807) is 7.11 Å². The minimum atomic E-state index is 0.478. The van der Waals surface area contributed by atoms with Crippen LogP contribution in [0.5, 0.6) is 0 Å². The van der Waals surface area contributed by atoms with Crippen LogP contribution in [-0.2, 0) is 4.74 Å². The molecular weight excluding hydrogens is 212 g/mol. The fourth-order valence-corrected chi connectivity index (χ4v) is 2.47. The van der Waals surface area contributed by atoms with Gasteiger partial charge in [-0.1, -0.05) is 20.8 Å². The van der Waals surface area contributed by atoms with Gasteiger partial charge in [-0.2, -0.15) is 0 Å². The Balaban J connectivity index is 2.02. The third-order valence-electron chi connectivity index (χ3n) is 3.81. The monoisotopic (exact) mass is 242 g/mol. The Labute approximate surface area is 107 Å². The first-order valence-electron chi connectivity index (χ1n) is 6.96. The zero-order chi connectivity index (χ0) is 12.7. The summed E-state index contributed by atoms with van der Waals surface area (Å²) in [6.07, 6.45) is 2.63. The van der Waals surface area contributed by atoms with E-state index in [-0.39, 0.29) is 0 Å². The van der Waals surface area contributed by atoms with Crippen LogP contribution >= 0.6 is 0 Å². The van der Waals surface area contributed by atoms with Gasteiger partial charge in [-0.05, 0) is 43.8 Å². The number of methoxy groups -OCH3 is 1. The molecule has 1 unspecified atom stereocenters. The van der Waals surface area contributed by atoms with Gasteiger partial charge in [0.15, 0.2) is 0 Å². The van der Waals surface area contributed by atoms with Gasteiger partial charge in [0.05, 0.1) is 6.61 Å². The Morgan fingerprint density at radius 2 is 2.06 bits per heavy atom. The van der Waals surface area contributed by atoms with Crippen LogP contribution < -0.4 is 5.32 Å². The van der Waals surface area contributed by atoms with Crippen LogP contribution in [0, 0.1) is 11.3 Å². The van der Waals surface area contributed by atoms with Gasteiger partial charge >= 0.3 is 0 Å². The minimum absolute atomic E-state index is 0.478. The van der Waals surface area contributed by atoms with Crippen LogP contribution in [0.3, 0.4) is 0 Å². The lowest BCUT2D eigenvalue weighted by Gasteiger charge is -2.27. The number of hydrogen-bond acceptors (Lipinski definition) is 3. The molecule has 1 aliphatic rings. The van der Waals surface area contributed by atoms with E-state index in [2.05, 4.69) is 31.0 Å². The van der Waals surface area contributed by atoms with E-state index in [9.17, 15) is 0 Å². The minimum Gasteiger partial charge on any atom is -0.383 e. The number of hydrogen-bond donors (Lipinski definition) is 1. The van der Waals surface area contributed by atoms with Crippen LogP contribution in [0.2, 0.25) is 0 Å². The first-order chi connectivity index (χ1) is 8.04. The largest absolute Gasteiger partial charge is 0.383 e. The summed E-state index contributed by atoms with van der Waals surface area (Å²) in [6, 6.07) is 0. The molecule has 0 bridgehead atoms. The lowest BCUT2D eigenvalue weighted by Crippen LogP contribution is -2.29. The third-order valence-corrected chi connectivity index (χ3v) is 3.81. The maximum atomic E-state index is 5.00. The standard InChI is InChI=1S/C14H30N2O/c1-14(2,3)13-6-10-16(12-13)9-5-7-15-8-11-17-4/h13,15H,5-12H2,1-4H3. The summed E-state index contributed by atoms with van der Waals surface area (Å²) < 4.78 is 5.00. The van der Waals surface area contributed by atoms with E-state index in [4.69, 9.17) is 4.74 Å². The molecule has 0 radical (unpaired) electrons. The Bertz CT molecular complexity index is 201. The number of likely N-dealkylation sites (tertiary alicyclic amines) is 1. The highest BCUT2D eigenvalue weighted by molar-refractivity contribution is 4.83. The Morgan fingerprint density at radius 1 is 1.29 bits per heavy atom. The van der Waals surface area contributed by atoms with E-state index in [0.717, 1.165) is 25.6 Å². The number of nitrogens with one attached hydrogen (secondary N) is 1. The SMILES string of the molecule is COCCNCCCN1CCC(C(C)(C)C)C1. The van der Waals surface area contributed by atoms with Crippen molar-refractivity contribution in [2.24, 2.45) is 11.3 Å². The molecule has 0 aliphatic carbocycles. The molecule has 3 nitrogen and oxygen atoms in total. The number of rotatable bonds is 7. The smallest absolute Gasteiger partial charge is 0.0587 e. The molecule has 3 heteroatoms. The van der Waals surface area contributed by atoms with Gasteiger partial charge in [-0.25, -0.2) is 0 Å². The van der Waals surface area contributed by atoms with Crippen molar-refractivity contribution in [3.05, 3.63) is 0 Å². The summed E-state index contributed by atoms with van der Waals surface area (Å²) in [5, 5.41) is 3.40. The zero-order valence-corrected chi connectivity index (χ0v) is 12.1. The summed E-state index contributed by atoms with van der Waals surface area (Å²) in [7, 11) is 1.75. The summed E-state index contributed by atoms with van der Waals surface area (Å²) in [5.41, 5.74) is 0.478. The van der Waals surface area contributed by atoms with Crippen molar-refractivity contribution in [2.75, 3.05) is 46.4 Å². The van der Waals surface area contributed by atoms with Crippen molar-refractivity contribution in [1.29, 1.82) is 0 Å². The molecule has 0 aromatic heterocycles. The van der Waals surface area contributed by atoms with E-state index >= 15 is 0 Å². The average Bonchev–Trinajstić information content (AvgIpc) is 2.71. The Kier molecular flexibility index (Phi) is 6.45. The molecule has 1 rings (SSSR count). The molecule has 102 valence electrons. The van der Waals surface area contributed by atoms with Crippen LogP contribution in [-0.4, -0.2) is 51.3 Å². The molecule has 0 aromatic carbocycles. The number of nitrogens with zero attached hydrogens (tertiary/aromatic N) is 1. The normalized spacial score (nSPS) is 22.2. The molecule has 1 fully saturated rings. The molecule has 1 aliphatic heterocycles. The molecule has 0 aromatic rings. The highest BCUT2D eigenvalue weighted by Crippen LogP contribution is 2.33. The Hall–Kier alpha value is -0.120. The highest BCUT2D eigenvalue weighted by atomic mass is 16.5. The van der Waals surface area contributed by atoms with Crippen molar-refractivity contribution in [1.82, 2.24) is 10.2 Å². The van der Waals surface area contributed by atoms with Crippen molar-refractivity contribution in [3.8, 4) is 0 Å². The van der Waals surface area contributed by atoms with Gasteiger partial charge in [0.2, 0.25) is 0 Å². The van der Waals surface area contributed by atoms with E-state index in [0.29, 0.717) is 5.41 Å². The van der Waals surface area contributed by atoms with E-state index in [1.165, 1.54) is 32.5 Å². The van der Waals surface area contributed by atoms with Gasteiger partial charge in [-0.3, -0.25) is 0 Å². The predicted molar refractivity (Wildman–Crippen MR) is 73.4 cm³/mol. The highest BCUT2D eigenvalue weighted by Gasteiger charge is 2.31. The average molecular weight is 242 g/mol. The second-order valence-corrected chi connectivity index (χ2v) is 6.25.